The molecule has 4 rings (SSSR count). The van der Waals surface area contributed by atoms with Gasteiger partial charge in [-0.1, -0.05) is 41.6 Å². The average molecular weight is 366 g/mol. The van der Waals surface area contributed by atoms with Gasteiger partial charge >= 0.3 is 0 Å². The predicted octanol–water partition coefficient (Wildman–Crippen LogP) is 4.53. The summed E-state index contributed by atoms with van der Waals surface area (Å²) in [7, 11) is 0. The molecule has 3 aromatic carbocycles. The van der Waals surface area contributed by atoms with Crippen molar-refractivity contribution in [2.75, 3.05) is 5.32 Å². The number of amides is 1. The summed E-state index contributed by atoms with van der Waals surface area (Å²) in [6.07, 6.45) is 0. The van der Waals surface area contributed by atoms with Crippen LogP contribution in [0.1, 0.15) is 15.9 Å². The van der Waals surface area contributed by atoms with Crippen LogP contribution in [0.5, 0.6) is 0 Å². The molecule has 0 atom stereocenters. The van der Waals surface area contributed by atoms with Gasteiger partial charge < -0.3 is 9.84 Å². The highest BCUT2D eigenvalue weighted by Gasteiger charge is 2.12. The fraction of sp³-hybridized carbons (Fsp3) is 0. The first-order valence-corrected chi connectivity index (χ1v) is 8.54. The molecule has 6 heteroatoms. The third-order valence-corrected chi connectivity index (χ3v) is 4.08. The fourth-order valence-corrected chi connectivity index (χ4v) is 2.71. The van der Waals surface area contributed by atoms with E-state index in [0.29, 0.717) is 28.5 Å². The van der Waals surface area contributed by atoms with Gasteiger partial charge in [-0.15, -0.1) is 0 Å². The Balaban J connectivity index is 1.56. The van der Waals surface area contributed by atoms with Crippen molar-refractivity contribution >= 4 is 11.6 Å². The molecule has 0 radical (unpaired) electrons. The van der Waals surface area contributed by atoms with Gasteiger partial charge in [0.25, 0.3) is 11.8 Å². The molecule has 0 aliphatic rings. The second-order valence-corrected chi connectivity index (χ2v) is 6.02. The van der Waals surface area contributed by atoms with Crippen molar-refractivity contribution < 1.29 is 9.32 Å². The van der Waals surface area contributed by atoms with Crippen molar-refractivity contribution in [3.8, 4) is 28.9 Å². The smallest absolute Gasteiger partial charge is 0.258 e. The molecule has 1 N–H and O–H groups in total. The molecule has 1 aromatic heterocycles. The number of anilines is 1. The van der Waals surface area contributed by atoms with Gasteiger partial charge in [0.1, 0.15) is 0 Å². The van der Waals surface area contributed by atoms with Gasteiger partial charge in [-0.2, -0.15) is 10.2 Å². The van der Waals surface area contributed by atoms with Crippen molar-refractivity contribution in [3.63, 3.8) is 0 Å². The molecule has 0 unspecified atom stereocenters. The molecular formula is C22H14N4O2. The van der Waals surface area contributed by atoms with E-state index in [1.54, 1.807) is 42.5 Å². The van der Waals surface area contributed by atoms with E-state index in [0.717, 1.165) is 11.1 Å². The van der Waals surface area contributed by atoms with Crippen molar-refractivity contribution in [2.24, 2.45) is 0 Å². The van der Waals surface area contributed by atoms with Gasteiger partial charge in [0.15, 0.2) is 0 Å². The van der Waals surface area contributed by atoms with Crippen molar-refractivity contribution in [2.45, 2.75) is 0 Å². The van der Waals surface area contributed by atoms with Gasteiger partial charge in [0.2, 0.25) is 5.82 Å². The zero-order chi connectivity index (χ0) is 19.3. The summed E-state index contributed by atoms with van der Waals surface area (Å²) in [6, 6.07) is 25.2. The van der Waals surface area contributed by atoms with E-state index in [2.05, 4.69) is 15.5 Å². The normalized spacial score (nSPS) is 10.2. The molecule has 0 saturated heterocycles. The molecule has 134 valence electrons. The summed E-state index contributed by atoms with van der Waals surface area (Å²) in [5.41, 5.74) is 2.99. The lowest BCUT2D eigenvalue weighted by Crippen LogP contribution is -2.12. The van der Waals surface area contributed by atoms with Gasteiger partial charge in [0.05, 0.1) is 11.6 Å². The minimum absolute atomic E-state index is 0.299. The van der Waals surface area contributed by atoms with Crippen LogP contribution >= 0.6 is 0 Å². The number of nitriles is 1. The Bertz CT molecular complexity index is 1180. The van der Waals surface area contributed by atoms with E-state index < -0.39 is 0 Å². The Morgan fingerprint density at radius 1 is 0.929 bits per heavy atom. The number of aromatic nitrogens is 2. The molecule has 0 bridgehead atoms. The van der Waals surface area contributed by atoms with E-state index >= 15 is 0 Å². The van der Waals surface area contributed by atoms with Crippen LogP contribution < -0.4 is 5.32 Å². The third-order valence-electron chi connectivity index (χ3n) is 4.08. The molecule has 0 aliphatic carbocycles. The number of rotatable bonds is 4. The molecule has 28 heavy (non-hydrogen) atoms. The lowest BCUT2D eigenvalue weighted by Gasteiger charge is -2.06. The molecule has 1 amide bonds. The van der Waals surface area contributed by atoms with Crippen molar-refractivity contribution in [1.29, 1.82) is 5.26 Å². The molecule has 0 fully saturated rings. The molecule has 0 saturated carbocycles. The second kappa shape index (κ2) is 7.56. The lowest BCUT2D eigenvalue weighted by molar-refractivity contribution is 0.102. The SMILES string of the molecule is N#Cc1cccc(C(=O)Nc2cccc(-c3noc(-c4ccccc4)n3)c2)c1. The maximum absolute atomic E-state index is 12.4. The second-order valence-electron chi connectivity index (χ2n) is 6.02. The first-order valence-electron chi connectivity index (χ1n) is 8.54. The molecule has 4 aromatic rings. The summed E-state index contributed by atoms with van der Waals surface area (Å²) >= 11 is 0. The summed E-state index contributed by atoms with van der Waals surface area (Å²) in [5.74, 6) is 0.562. The molecular weight excluding hydrogens is 352 g/mol. The number of carbonyl (C=O) groups is 1. The summed E-state index contributed by atoms with van der Waals surface area (Å²) in [6.45, 7) is 0. The number of hydrogen-bond acceptors (Lipinski definition) is 5. The minimum atomic E-state index is -0.299. The van der Waals surface area contributed by atoms with Crippen LogP contribution in [-0.4, -0.2) is 16.0 Å². The van der Waals surface area contributed by atoms with E-state index in [1.807, 2.05) is 42.5 Å². The van der Waals surface area contributed by atoms with E-state index in [1.165, 1.54) is 0 Å². The number of benzene rings is 3. The topological polar surface area (TPSA) is 91.8 Å². The highest BCUT2D eigenvalue weighted by molar-refractivity contribution is 6.04. The molecule has 6 nitrogen and oxygen atoms in total. The maximum atomic E-state index is 12.4. The van der Waals surface area contributed by atoms with Crippen LogP contribution in [0.25, 0.3) is 22.8 Å². The van der Waals surface area contributed by atoms with Crippen LogP contribution in [0.15, 0.2) is 83.4 Å². The Labute approximate surface area is 161 Å². The number of nitrogens with zero attached hydrogens (tertiary/aromatic N) is 3. The average Bonchev–Trinajstić information content (AvgIpc) is 3.25. The van der Waals surface area contributed by atoms with E-state index in [-0.39, 0.29) is 5.91 Å². The number of hydrogen-bond donors (Lipinski definition) is 1. The maximum Gasteiger partial charge on any atom is 0.258 e. The number of nitrogens with one attached hydrogen (secondary N) is 1. The first-order chi connectivity index (χ1) is 13.7. The zero-order valence-corrected chi connectivity index (χ0v) is 14.7. The minimum Gasteiger partial charge on any atom is -0.334 e. The van der Waals surface area contributed by atoms with Crippen LogP contribution in [-0.2, 0) is 0 Å². The summed E-state index contributed by atoms with van der Waals surface area (Å²) in [4.78, 5) is 16.9. The van der Waals surface area contributed by atoms with Gasteiger partial charge in [0, 0.05) is 22.4 Å². The predicted molar refractivity (Wildman–Crippen MR) is 104 cm³/mol. The molecule has 1 heterocycles. The first kappa shape index (κ1) is 17.2. The third kappa shape index (κ3) is 3.64. The van der Waals surface area contributed by atoms with Gasteiger partial charge in [-0.3, -0.25) is 4.79 Å². The highest BCUT2D eigenvalue weighted by atomic mass is 16.5. The lowest BCUT2D eigenvalue weighted by atomic mass is 10.1. The zero-order valence-electron chi connectivity index (χ0n) is 14.7. The van der Waals surface area contributed by atoms with Crippen LogP contribution in [0.3, 0.4) is 0 Å². The van der Waals surface area contributed by atoms with Crippen LogP contribution in [0.2, 0.25) is 0 Å². The fourth-order valence-electron chi connectivity index (χ4n) is 2.71. The molecule has 0 aliphatic heterocycles. The summed E-state index contributed by atoms with van der Waals surface area (Å²) < 4.78 is 5.34. The van der Waals surface area contributed by atoms with Gasteiger partial charge in [-0.05, 0) is 42.5 Å². The van der Waals surface area contributed by atoms with Crippen molar-refractivity contribution in [3.05, 3.63) is 90.0 Å². The quantitative estimate of drug-likeness (QED) is 0.573. The standard InChI is InChI=1S/C22H14N4O2/c23-14-15-6-4-10-18(12-15)21(27)24-19-11-5-9-17(13-19)20-25-22(28-26-20)16-7-2-1-3-8-16/h1-13H,(H,24,27). The van der Waals surface area contributed by atoms with Crippen molar-refractivity contribution in [1.82, 2.24) is 10.1 Å². The van der Waals surface area contributed by atoms with E-state index in [4.69, 9.17) is 9.78 Å². The Hall–Kier alpha value is -4.24. The monoisotopic (exact) mass is 366 g/mol. The highest BCUT2D eigenvalue weighted by Crippen LogP contribution is 2.24. The summed E-state index contributed by atoms with van der Waals surface area (Å²) in [5, 5.41) is 15.8. The van der Waals surface area contributed by atoms with Gasteiger partial charge in [-0.25, -0.2) is 0 Å². The Morgan fingerprint density at radius 3 is 2.54 bits per heavy atom. The number of carbonyl (C=O) groups excluding carboxylic acids is 1. The van der Waals surface area contributed by atoms with Crippen LogP contribution in [0, 0.1) is 11.3 Å². The largest absolute Gasteiger partial charge is 0.334 e. The van der Waals surface area contributed by atoms with Crippen LogP contribution in [0.4, 0.5) is 5.69 Å². The Kier molecular flexibility index (Phi) is 4.64. The Morgan fingerprint density at radius 2 is 1.71 bits per heavy atom. The van der Waals surface area contributed by atoms with E-state index in [9.17, 15) is 4.79 Å². The molecule has 0 spiro atoms.